The van der Waals surface area contributed by atoms with Gasteiger partial charge in [0.15, 0.2) is 11.4 Å². The van der Waals surface area contributed by atoms with Crippen LogP contribution in [-0.2, 0) is 4.79 Å². The molecule has 1 atom stereocenters. The predicted octanol–water partition coefficient (Wildman–Crippen LogP) is 7.77. The third-order valence-electron chi connectivity index (χ3n) is 6.35. The van der Waals surface area contributed by atoms with Gasteiger partial charge in [0.2, 0.25) is 0 Å². The van der Waals surface area contributed by atoms with Crippen molar-refractivity contribution >= 4 is 29.6 Å². The lowest BCUT2D eigenvalue weighted by molar-refractivity contribution is -0.152. The first-order chi connectivity index (χ1) is 17.5. The Bertz CT molecular complexity index is 1030. The maximum absolute atomic E-state index is 12.7. The molecule has 0 amide bonds. The second-order valence-electron chi connectivity index (χ2n) is 10.2. The van der Waals surface area contributed by atoms with Crippen LogP contribution in [0.25, 0.3) is 6.08 Å². The first-order valence-corrected chi connectivity index (χ1v) is 14.4. The van der Waals surface area contributed by atoms with Crippen molar-refractivity contribution in [2.45, 2.75) is 72.3 Å². The van der Waals surface area contributed by atoms with Crippen LogP contribution in [0.15, 0.2) is 42.5 Å². The number of thioether (sulfide) groups is 1. The van der Waals surface area contributed by atoms with Gasteiger partial charge in [0, 0.05) is 5.56 Å². The quantitative estimate of drug-likeness (QED) is 0.137. The zero-order chi connectivity index (χ0) is 27.4. The molecule has 0 bridgehead atoms. The maximum atomic E-state index is 12.7. The van der Waals surface area contributed by atoms with E-state index in [2.05, 4.69) is 13.2 Å². The highest BCUT2D eigenvalue weighted by atomic mass is 32.2. The number of hydrogen-bond acceptors (Lipinski definition) is 5. The molecule has 1 N–H and O–H groups in total. The van der Waals surface area contributed by atoms with Crippen LogP contribution < -0.4 is 9.47 Å². The summed E-state index contributed by atoms with van der Waals surface area (Å²) in [6.07, 6.45) is 11.5. The summed E-state index contributed by atoms with van der Waals surface area (Å²) in [7, 11) is 0. The molecule has 0 aliphatic rings. The zero-order valence-electron chi connectivity index (χ0n) is 23.1. The third kappa shape index (κ3) is 10.3. The van der Waals surface area contributed by atoms with E-state index >= 15 is 0 Å². The highest BCUT2D eigenvalue weighted by Crippen LogP contribution is 2.29. The fourth-order valence-electron chi connectivity index (χ4n) is 3.95. The molecule has 0 spiro atoms. The van der Waals surface area contributed by atoms with Crippen molar-refractivity contribution in [3.05, 3.63) is 64.7 Å². The van der Waals surface area contributed by atoms with E-state index in [-0.39, 0.29) is 5.78 Å². The number of carbonyl (C=O) groups excluding carboxylic acids is 1. The van der Waals surface area contributed by atoms with Crippen LogP contribution in [0.4, 0.5) is 0 Å². The normalized spacial score (nSPS) is 12.5. The average Bonchev–Trinajstić information content (AvgIpc) is 2.85. The van der Waals surface area contributed by atoms with Crippen LogP contribution in [0.3, 0.4) is 0 Å². The minimum absolute atomic E-state index is 0.0928. The minimum Gasteiger partial charge on any atom is -0.494 e. The molecular formula is C31H42O5S. The van der Waals surface area contributed by atoms with Crippen molar-refractivity contribution in [3.8, 4) is 11.5 Å². The van der Waals surface area contributed by atoms with E-state index < -0.39 is 11.6 Å². The van der Waals surface area contributed by atoms with E-state index in [9.17, 15) is 14.7 Å². The largest absolute Gasteiger partial charge is 0.494 e. The van der Waals surface area contributed by atoms with E-state index in [1.165, 1.54) is 45.3 Å². The second kappa shape index (κ2) is 14.9. The van der Waals surface area contributed by atoms with Crippen LogP contribution in [0, 0.1) is 19.8 Å². The SMILES string of the molecule is CSCCC(C)CCCCCOc1ccc(C(=O)/C=C/c2cc(C)c(OC(C)(C)C(=O)O)c(C)c2)cc1. The summed E-state index contributed by atoms with van der Waals surface area (Å²) in [4.78, 5) is 24.1. The molecule has 6 heteroatoms. The molecule has 2 aromatic carbocycles. The van der Waals surface area contributed by atoms with Gasteiger partial charge >= 0.3 is 5.97 Å². The van der Waals surface area contributed by atoms with Gasteiger partial charge in [-0.3, -0.25) is 4.79 Å². The van der Waals surface area contributed by atoms with Crippen LogP contribution in [0.5, 0.6) is 11.5 Å². The van der Waals surface area contributed by atoms with Crippen LogP contribution in [0.2, 0.25) is 0 Å². The highest BCUT2D eigenvalue weighted by molar-refractivity contribution is 7.98. The van der Waals surface area contributed by atoms with Gasteiger partial charge in [-0.05, 0) is 118 Å². The van der Waals surface area contributed by atoms with E-state index in [0.717, 1.165) is 34.8 Å². The molecular weight excluding hydrogens is 484 g/mol. The van der Waals surface area contributed by atoms with Gasteiger partial charge < -0.3 is 14.6 Å². The molecule has 2 rings (SSSR count). The molecule has 0 saturated heterocycles. The number of carboxylic acid groups (broad SMARTS) is 1. The summed E-state index contributed by atoms with van der Waals surface area (Å²) in [5, 5.41) is 9.34. The Hall–Kier alpha value is -2.73. The number of carbonyl (C=O) groups is 2. The summed E-state index contributed by atoms with van der Waals surface area (Å²) in [5.41, 5.74) is 1.74. The Morgan fingerprint density at radius 3 is 2.27 bits per heavy atom. The highest BCUT2D eigenvalue weighted by Gasteiger charge is 2.30. The molecule has 0 heterocycles. The molecule has 2 aromatic rings. The lowest BCUT2D eigenvalue weighted by Gasteiger charge is -2.24. The van der Waals surface area contributed by atoms with Crippen LogP contribution >= 0.6 is 11.8 Å². The fourth-order valence-corrected chi connectivity index (χ4v) is 4.59. The predicted molar refractivity (Wildman–Crippen MR) is 154 cm³/mol. The molecule has 0 aliphatic heterocycles. The average molecular weight is 527 g/mol. The van der Waals surface area contributed by atoms with Gasteiger partial charge in [0.1, 0.15) is 11.5 Å². The smallest absolute Gasteiger partial charge is 0.347 e. The molecule has 1 unspecified atom stereocenters. The molecule has 202 valence electrons. The molecule has 0 fully saturated rings. The Morgan fingerprint density at radius 1 is 1.03 bits per heavy atom. The summed E-state index contributed by atoms with van der Waals surface area (Å²) >= 11 is 1.92. The van der Waals surface area contributed by atoms with Crippen molar-refractivity contribution in [1.82, 2.24) is 0 Å². The Balaban J connectivity index is 1.85. The van der Waals surface area contributed by atoms with Gasteiger partial charge in [0.05, 0.1) is 6.61 Å². The minimum atomic E-state index is -1.33. The summed E-state index contributed by atoms with van der Waals surface area (Å²) in [5.74, 6) is 2.25. The standard InChI is InChI=1S/C31H42O5S/c1-22(17-19-37-6)10-8-7-9-18-35-27-14-12-26(13-15-27)28(32)16-11-25-20-23(2)29(24(3)21-25)36-31(4,5)30(33)34/h11-16,20-22H,7-10,17-19H2,1-6H3,(H,33,34)/b16-11+. The number of allylic oxidation sites excluding steroid dienone is 1. The number of ether oxygens (including phenoxy) is 2. The number of ketones is 1. The van der Waals surface area contributed by atoms with Crippen LogP contribution in [0.1, 0.15) is 79.9 Å². The fraction of sp³-hybridized carbons (Fsp3) is 0.484. The number of rotatable bonds is 16. The Labute approximate surface area is 226 Å². The Kier molecular flexibility index (Phi) is 12.3. The summed E-state index contributed by atoms with van der Waals surface area (Å²) < 4.78 is 11.6. The van der Waals surface area contributed by atoms with Gasteiger partial charge in [-0.25, -0.2) is 4.79 Å². The van der Waals surface area contributed by atoms with E-state index in [1.54, 1.807) is 24.3 Å². The van der Waals surface area contributed by atoms with E-state index in [4.69, 9.17) is 9.47 Å². The third-order valence-corrected chi connectivity index (χ3v) is 6.99. The first kappa shape index (κ1) is 30.5. The lowest BCUT2D eigenvalue weighted by Crippen LogP contribution is -2.38. The number of aryl methyl sites for hydroxylation is 2. The molecule has 0 aliphatic carbocycles. The monoisotopic (exact) mass is 526 g/mol. The topological polar surface area (TPSA) is 72.8 Å². The van der Waals surface area contributed by atoms with E-state index in [0.29, 0.717) is 17.9 Å². The maximum Gasteiger partial charge on any atom is 0.347 e. The number of carboxylic acids is 1. The van der Waals surface area contributed by atoms with Gasteiger partial charge in [-0.2, -0.15) is 11.8 Å². The second-order valence-corrected chi connectivity index (χ2v) is 11.2. The Morgan fingerprint density at radius 2 is 1.68 bits per heavy atom. The van der Waals surface area contributed by atoms with Crippen molar-refractivity contribution in [3.63, 3.8) is 0 Å². The number of benzene rings is 2. The number of aliphatic carboxylic acids is 1. The van der Waals surface area contributed by atoms with Crippen molar-refractivity contribution in [2.75, 3.05) is 18.6 Å². The molecule has 0 saturated carbocycles. The van der Waals surface area contributed by atoms with Crippen LogP contribution in [-0.4, -0.2) is 41.1 Å². The van der Waals surface area contributed by atoms with Crippen molar-refractivity contribution < 1.29 is 24.2 Å². The summed E-state index contributed by atoms with van der Waals surface area (Å²) in [6.45, 7) is 9.80. The zero-order valence-corrected chi connectivity index (χ0v) is 24.0. The van der Waals surface area contributed by atoms with Crippen molar-refractivity contribution in [1.29, 1.82) is 0 Å². The van der Waals surface area contributed by atoms with Crippen molar-refractivity contribution in [2.24, 2.45) is 5.92 Å². The molecule has 5 nitrogen and oxygen atoms in total. The first-order valence-electron chi connectivity index (χ1n) is 13.0. The van der Waals surface area contributed by atoms with Gasteiger partial charge in [0.25, 0.3) is 0 Å². The van der Waals surface area contributed by atoms with Gasteiger partial charge in [-0.15, -0.1) is 0 Å². The lowest BCUT2D eigenvalue weighted by atomic mass is 10.0. The van der Waals surface area contributed by atoms with E-state index in [1.807, 2.05) is 49.9 Å². The number of unbranched alkanes of at least 4 members (excludes halogenated alkanes) is 2. The van der Waals surface area contributed by atoms with Gasteiger partial charge in [-0.1, -0.05) is 32.3 Å². The molecule has 37 heavy (non-hydrogen) atoms. The molecule has 0 aromatic heterocycles. The number of hydrogen-bond donors (Lipinski definition) is 1. The summed E-state index contributed by atoms with van der Waals surface area (Å²) in [6, 6.07) is 11.0. The molecule has 0 radical (unpaired) electrons.